The lowest BCUT2D eigenvalue weighted by atomic mass is 10.1. The zero-order valence-corrected chi connectivity index (χ0v) is 10.2. The Morgan fingerprint density at radius 2 is 2.12 bits per heavy atom. The summed E-state index contributed by atoms with van der Waals surface area (Å²) in [6, 6.07) is 9.47. The first kappa shape index (κ1) is 11.9. The fourth-order valence-corrected chi connectivity index (χ4v) is 1.77. The Kier molecular flexibility index (Phi) is 3.59. The number of carbonyl (C=O) groups excluding carboxylic acids is 1. The van der Waals surface area contributed by atoms with Crippen LogP contribution in [-0.2, 0) is 16.0 Å². The van der Waals surface area contributed by atoms with Gasteiger partial charge in [0.1, 0.15) is 0 Å². The lowest BCUT2D eigenvalue weighted by molar-refractivity contribution is -0.140. The minimum atomic E-state index is -0.224. The van der Waals surface area contributed by atoms with Crippen LogP contribution in [0, 0.1) is 0 Å². The molecule has 0 amide bonds. The van der Waals surface area contributed by atoms with Gasteiger partial charge in [0.15, 0.2) is 0 Å². The molecule has 0 spiro atoms. The molecule has 0 N–H and O–H groups in total. The van der Waals surface area contributed by atoms with Crippen molar-refractivity contribution in [3.8, 4) is 0 Å². The number of nitrogens with zero attached hydrogens (tertiary/aromatic N) is 1. The summed E-state index contributed by atoms with van der Waals surface area (Å²) in [5.74, 6) is -0.224. The van der Waals surface area contributed by atoms with Gasteiger partial charge in [-0.3, -0.25) is 9.78 Å². The topological polar surface area (TPSA) is 39.2 Å². The molecular weight excluding hydrogens is 238 g/mol. The number of halogens is 1. The van der Waals surface area contributed by atoms with E-state index in [0.717, 1.165) is 16.6 Å². The highest BCUT2D eigenvalue weighted by Gasteiger charge is 2.03. The summed E-state index contributed by atoms with van der Waals surface area (Å²) in [6.45, 7) is 0. The van der Waals surface area contributed by atoms with Crippen LogP contribution >= 0.6 is 11.6 Å². The summed E-state index contributed by atoms with van der Waals surface area (Å²) in [5, 5.41) is 1.70. The van der Waals surface area contributed by atoms with Crippen molar-refractivity contribution in [1.29, 1.82) is 0 Å². The van der Waals surface area contributed by atoms with E-state index in [4.69, 9.17) is 11.6 Å². The van der Waals surface area contributed by atoms with Gasteiger partial charge < -0.3 is 4.74 Å². The number of methoxy groups -OCH3 is 1. The molecule has 88 valence electrons. The van der Waals surface area contributed by atoms with Gasteiger partial charge in [-0.05, 0) is 18.2 Å². The molecule has 0 saturated heterocycles. The van der Waals surface area contributed by atoms with Crippen LogP contribution in [0.1, 0.15) is 12.1 Å². The molecule has 0 bridgehead atoms. The van der Waals surface area contributed by atoms with E-state index in [0.29, 0.717) is 17.9 Å². The SMILES string of the molecule is COC(=O)CCc1ccc2ccc(Cl)cc2n1. The molecule has 0 atom stereocenters. The quantitative estimate of drug-likeness (QED) is 0.785. The first-order valence-corrected chi connectivity index (χ1v) is 5.69. The van der Waals surface area contributed by atoms with Crippen LogP contribution in [0.15, 0.2) is 30.3 Å². The lowest BCUT2D eigenvalue weighted by Gasteiger charge is -2.03. The Bertz CT molecular complexity index is 554. The minimum absolute atomic E-state index is 0.224. The summed E-state index contributed by atoms with van der Waals surface area (Å²) in [4.78, 5) is 15.5. The summed E-state index contributed by atoms with van der Waals surface area (Å²) in [6.07, 6.45) is 0.921. The lowest BCUT2D eigenvalue weighted by Crippen LogP contribution is -2.02. The van der Waals surface area contributed by atoms with Gasteiger partial charge in [-0.2, -0.15) is 0 Å². The van der Waals surface area contributed by atoms with E-state index >= 15 is 0 Å². The Morgan fingerprint density at radius 1 is 1.35 bits per heavy atom. The van der Waals surface area contributed by atoms with Gasteiger partial charge in [-0.15, -0.1) is 0 Å². The molecule has 2 aromatic rings. The first-order valence-electron chi connectivity index (χ1n) is 5.31. The molecule has 1 heterocycles. The Labute approximate surface area is 104 Å². The zero-order valence-electron chi connectivity index (χ0n) is 9.44. The molecule has 2 rings (SSSR count). The van der Waals surface area contributed by atoms with E-state index in [1.165, 1.54) is 7.11 Å². The van der Waals surface area contributed by atoms with Gasteiger partial charge in [-0.25, -0.2) is 0 Å². The van der Waals surface area contributed by atoms with Crippen LogP contribution in [0.4, 0.5) is 0 Å². The van der Waals surface area contributed by atoms with E-state index < -0.39 is 0 Å². The van der Waals surface area contributed by atoms with Crippen molar-refractivity contribution in [2.45, 2.75) is 12.8 Å². The van der Waals surface area contributed by atoms with Crippen molar-refractivity contribution >= 4 is 28.5 Å². The summed E-state index contributed by atoms with van der Waals surface area (Å²) in [5.41, 5.74) is 1.71. The second-order valence-electron chi connectivity index (χ2n) is 3.72. The van der Waals surface area contributed by atoms with Gasteiger partial charge in [-0.1, -0.05) is 23.7 Å². The van der Waals surface area contributed by atoms with Crippen LogP contribution in [-0.4, -0.2) is 18.1 Å². The van der Waals surface area contributed by atoms with E-state index in [1.54, 1.807) is 0 Å². The first-order chi connectivity index (χ1) is 8.19. The Morgan fingerprint density at radius 3 is 2.88 bits per heavy atom. The largest absolute Gasteiger partial charge is 0.469 e. The van der Waals surface area contributed by atoms with E-state index in [1.807, 2.05) is 30.3 Å². The Hall–Kier alpha value is -1.61. The number of fused-ring (bicyclic) bond motifs is 1. The number of aryl methyl sites for hydroxylation is 1. The highest BCUT2D eigenvalue weighted by Crippen LogP contribution is 2.18. The predicted molar refractivity (Wildman–Crippen MR) is 67.1 cm³/mol. The molecular formula is C13H12ClNO2. The zero-order chi connectivity index (χ0) is 12.3. The third-order valence-electron chi connectivity index (χ3n) is 2.52. The highest BCUT2D eigenvalue weighted by atomic mass is 35.5. The van der Waals surface area contributed by atoms with Crippen molar-refractivity contribution in [2.24, 2.45) is 0 Å². The third kappa shape index (κ3) is 2.94. The average Bonchev–Trinajstić information content (AvgIpc) is 2.35. The second kappa shape index (κ2) is 5.15. The van der Waals surface area contributed by atoms with Crippen LogP contribution in [0.5, 0.6) is 0 Å². The van der Waals surface area contributed by atoms with Crippen molar-refractivity contribution in [3.63, 3.8) is 0 Å². The molecule has 17 heavy (non-hydrogen) atoms. The maximum absolute atomic E-state index is 11.0. The van der Waals surface area contributed by atoms with E-state index in [9.17, 15) is 4.79 Å². The van der Waals surface area contributed by atoms with E-state index in [-0.39, 0.29) is 5.97 Å². The van der Waals surface area contributed by atoms with Gasteiger partial charge in [0.2, 0.25) is 0 Å². The van der Waals surface area contributed by atoms with Crippen molar-refractivity contribution in [3.05, 3.63) is 41.0 Å². The molecule has 4 heteroatoms. The molecule has 0 fully saturated rings. The number of rotatable bonds is 3. The number of hydrogen-bond donors (Lipinski definition) is 0. The Balaban J connectivity index is 2.22. The molecule has 0 aliphatic rings. The van der Waals surface area contributed by atoms with Crippen molar-refractivity contribution < 1.29 is 9.53 Å². The smallest absolute Gasteiger partial charge is 0.305 e. The predicted octanol–water partition coefficient (Wildman–Crippen LogP) is 2.99. The van der Waals surface area contributed by atoms with Gasteiger partial charge >= 0.3 is 5.97 Å². The van der Waals surface area contributed by atoms with Crippen LogP contribution in [0.3, 0.4) is 0 Å². The van der Waals surface area contributed by atoms with Crippen molar-refractivity contribution in [2.75, 3.05) is 7.11 Å². The summed E-state index contributed by atoms with van der Waals surface area (Å²) in [7, 11) is 1.38. The second-order valence-corrected chi connectivity index (χ2v) is 4.15. The van der Waals surface area contributed by atoms with Crippen molar-refractivity contribution in [1.82, 2.24) is 4.98 Å². The minimum Gasteiger partial charge on any atom is -0.469 e. The average molecular weight is 250 g/mol. The van der Waals surface area contributed by atoms with Gasteiger partial charge in [0, 0.05) is 22.5 Å². The van der Waals surface area contributed by atoms with Crippen LogP contribution < -0.4 is 0 Å². The number of carbonyl (C=O) groups is 1. The number of aromatic nitrogens is 1. The monoisotopic (exact) mass is 249 g/mol. The molecule has 0 aliphatic carbocycles. The van der Waals surface area contributed by atoms with Gasteiger partial charge in [0.25, 0.3) is 0 Å². The summed E-state index contributed by atoms with van der Waals surface area (Å²) < 4.78 is 4.59. The van der Waals surface area contributed by atoms with Crippen LogP contribution in [0.2, 0.25) is 5.02 Å². The highest BCUT2D eigenvalue weighted by molar-refractivity contribution is 6.31. The normalized spacial score (nSPS) is 10.5. The molecule has 0 saturated carbocycles. The summed E-state index contributed by atoms with van der Waals surface area (Å²) >= 11 is 5.91. The molecule has 0 unspecified atom stereocenters. The fourth-order valence-electron chi connectivity index (χ4n) is 1.60. The fraction of sp³-hybridized carbons (Fsp3) is 0.231. The molecule has 3 nitrogen and oxygen atoms in total. The third-order valence-corrected chi connectivity index (χ3v) is 2.76. The number of esters is 1. The number of benzene rings is 1. The maximum Gasteiger partial charge on any atom is 0.305 e. The van der Waals surface area contributed by atoms with Gasteiger partial charge in [0.05, 0.1) is 19.0 Å². The molecule has 1 aromatic heterocycles. The van der Waals surface area contributed by atoms with Crippen LogP contribution in [0.25, 0.3) is 10.9 Å². The molecule has 0 radical (unpaired) electrons. The number of pyridine rings is 1. The standard InChI is InChI=1S/C13H12ClNO2/c1-17-13(16)7-6-11-5-3-9-2-4-10(14)8-12(9)15-11/h2-5,8H,6-7H2,1H3. The maximum atomic E-state index is 11.0. The molecule has 0 aliphatic heterocycles. The van der Waals surface area contributed by atoms with E-state index in [2.05, 4.69) is 9.72 Å². The molecule has 1 aromatic carbocycles. The number of ether oxygens (including phenoxy) is 1. The number of hydrogen-bond acceptors (Lipinski definition) is 3.